The number of rotatable bonds is 6. The number of H-pyrrole nitrogens is 1. The normalized spacial score (nSPS) is 9.94. The average molecular weight is 253 g/mol. The molecule has 0 aliphatic carbocycles. The third-order valence-corrected chi connectivity index (χ3v) is 2.99. The predicted octanol–water partition coefficient (Wildman–Crippen LogP) is 0.831. The van der Waals surface area contributed by atoms with Crippen molar-refractivity contribution in [1.82, 2.24) is 20.1 Å². The largest absolute Gasteiger partial charge is 0.344 e. The first kappa shape index (κ1) is 13.5. The van der Waals surface area contributed by atoms with Crippen molar-refractivity contribution < 1.29 is 4.79 Å². The molecule has 6 nitrogen and oxygen atoms in total. The molecule has 1 rings (SSSR count). The third kappa shape index (κ3) is 4.44. The van der Waals surface area contributed by atoms with E-state index in [1.54, 1.807) is 11.9 Å². The number of aromatic nitrogens is 3. The molecule has 0 aliphatic rings. The van der Waals surface area contributed by atoms with Crippen LogP contribution in [0.1, 0.15) is 19.2 Å². The summed E-state index contributed by atoms with van der Waals surface area (Å²) in [5.41, 5.74) is 0. The Bertz CT molecular complexity index is 411. The van der Waals surface area contributed by atoms with E-state index >= 15 is 0 Å². The maximum absolute atomic E-state index is 11.6. The molecule has 0 aliphatic heterocycles. The highest BCUT2D eigenvalue weighted by atomic mass is 32.2. The number of carbonyl (C=O) groups is 1. The van der Waals surface area contributed by atoms with Crippen LogP contribution in [-0.2, 0) is 11.2 Å². The smallest absolute Gasteiger partial charge is 0.232 e. The number of hydrogen-bond donors (Lipinski definition) is 1. The molecule has 0 spiro atoms. The van der Waals surface area contributed by atoms with Crippen molar-refractivity contribution in [3.05, 3.63) is 5.82 Å². The molecule has 0 saturated heterocycles. The van der Waals surface area contributed by atoms with Crippen LogP contribution in [0.25, 0.3) is 0 Å². The van der Waals surface area contributed by atoms with Gasteiger partial charge in [-0.15, -0.1) is 5.10 Å². The summed E-state index contributed by atoms with van der Waals surface area (Å²) in [6.07, 6.45) is 1.15. The maximum atomic E-state index is 11.6. The Morgan fingerprint density at radius 3 is 3.00 bits per heavy atom. The van der Waals surface area contributed by atoms with E-state index < -0.39 is 0 Å². The number of aromatic amines is 1. The molecule has 0 saturated carbocycles. The van der Waals surface area contributed by atoms with E-state index in [1.165, 1.54) is 11.8 Å². The van der Waals surface area contributed by atoms with E-state index in [0.29, 0.717) is 23.9 Å². The lowest BCUT2D eigenvalue weighted by Gasteiger charge is -2.14. The number of nitrogens with one attached hydrogen (secondary N) is 1. The van der Waals surface area contributed by atoms with Gasteiger partial charge in [0.05, 0.1) is 18.2 Å². The third-order valence-electron chi connectivity index (χ3n) is 2.16. The number of hydrogen-bond acceptors (Lipinski definition) is 5. The van der Waals surface area contributed by atoms with Crippen molar-refractivity contribution in [1.29, 1.82) is 5.26 Å². The topological polar surface area (TPSA) is 85.7 Å². The molecule has 1 amide bonds. The molecular formula is C10H15N5OS. The van der Waals surface area contributed by atoms with Crippen molar-refractivity contribution in [3.8, 4) is 6.07 Å². The van der Waals surface area contributed by atoms with Crippen molar-refractivity contribution in [2.24, 2.45) is 0 Å². The minimum absolute atomic E-state index is 0.0203. The lowest BCUT2D eigenvalue weighted by Crippen LogP contribution is -2.29. The Morgan fingerprint density at radius 2 is 2.41 bits per heavy atom. The Morgan fingerprint density at radius 1 is 1.65 bits per heavy atom. The van der Waals surface area contributed by atoms with Gasteiger partial charge < -0.3 is 4.90 Å². The molecular weight excluding hydrogens is 238 g/mol. The Balaban J connectivity index is 2.35. The molecule has 0 aromatic carbocycles. The van der Waals surface area contributed by atoms with E-state index in [9.17, 15) is 4.79 Å². The van der Waals surface area contributed by atoms with Crippen LogP contribution in [0.3, 0.4) is 0 Å². The van der Waals surface area contributed by atoms with Gasteiger partial charge in [0, 0.05) is 20.0 Å². The fourth-order valence-corrected chi connectivity index (χ4v) is 1.84. The van der Waals surface area contributed by atoms with Crippen LogP contribution in [0.5, 0.6) is 0 Å². The predicted molar refractivity (Wildman–Crippen MR) is 64.4 cm³/mol. The van der Waals surface area contributed by atoms with E-state index in [1.807, 2.05) is 13.0 Å². The van der Waals surface area contributed by atoms with E-state index in [2.05, 4.69) is 15.2 Å². The van der Waals surface area contributed by atoms with Crippen LogP contribution in [0.15, 0.2) is 5.16 Å². The van der Waals surface area contributed by atoms with Gasteiger partial charge in [0.15, 0.2) is 0 Å². The molecule has 0 fully saturated rings. The molecule has 0 bridgehead atoms. The number of nitrogens with zero attached hydrogens (tertiary/aromatic N) is 4. The molecule has 17 heavy (non-hydrogen) atoms. The van der Waals surface area contributed by atoms with Gasteiger partial charge in [-0.25, -0.2) is 4.98 Å². The minimum Gasteiger partial charge on any atom is -0.344 e. The number of aryl methyl sites for hydroxylation is 1. The molecule has 0 radical (unpaired) electrons. The summed E-state index contributed by atoms with van der Waals surface area (Å²) >= 11 is 1.30. The highest BCUT2D eigenvalue weighted by Crippen LogP contribution is 2.12. The summed E-state index contributed by atoms with van der Waals surface area (Å²) < 4.78 is 0. The first-order chi connectivity index (χ1) is 8.17. The Hall–Kier alpha value is -1.55. The van der Waals surface area contributed by atoms with Gasteiger partial charge in [0.25, 0.3) is 0 Å². The lowest BCUT2D eigenvalue weighted by atomic mass is 10.4. The minimum atomic E-state index is -0.0203. The zero-order valence-electron chi connectivity index (χ0n) is 9.93. The molecule has 1 N–H and O–H groups in total. The van der Waals surface area contributed by atoms with Gasteiger partial charge in [-0.2, -0.15) is 5.26 Å². The van der Waals surface area contributed by atoms with Crippen molar-refractivity contribution in [2.45, 2.75) is 24.9 Å². The molecule has 1 aromatic rings. The van der Waals surface area contributed by atoms with Gasteiger partial charge in [-0.1, -0.05) is 18.7 Å². The first-order valence-electron chi connectivity index (χ1n) is 5.32. The van der Waals surface area contributed by atoms with E-state index in [0.717, 1.165) is 12.2 Å². The van der Waals surface area contributed by atoms with Crippen molar-refractivity contribution in [2.75, 3.05) is 19.3 Å². The fraction of sp³-hybridized carbons (Fsp3) is 0.600. The summed E-state index contributed by atoms with van der Waals surface area (Å²) in [7, 11) is 1.69. The van der Waals surface area contributed by atoms with Crippen LogP contribution < -0.4 is 0 Å². The second-order valence-electron chi connectivity index (χ2n) is 3.43. The van der Waals surface area contributed by atoms with Crippen LogP contribution in [-0.4, -0.2) is 45.3 Å². The fourth-order valence-electron chi connectivity index (χ4n) is 1.08. The highest BCUT2D eigenvalue weighted by molar-refractivity contribution is 7.99. The van der Waals surface area contributed by atoms with Gasteiger partial charge in [-0.3, -0.25) is 9.89 Å². The molecule has 1 aromatic heterocycles. The number of thioether (sulfide) groups is 1. The summed E-state index contributed by atoms with van der Waals surface area (Å²) in [5.74, 6) is 1.09. The van der Waals surface area contributed by atoms with Gasteiger partial charge >= 0.3 is 0 Å². The summed E-state index contributed by atoms with van der Waals surface area (Å²) in [6, 6.07) is 2.01. The molecule has 0 atom stereocenters. The highest BCUT2D eigenvalue weighted by Gasteiger charge is 2.10. The van der Waals surface area contributed by atoms with Gasteiger partial charge in [0.2, 0.25) is 11.1 Å². The molecule has 92 valence electrons. The van der Waals surface area contributed by atoms with Crippen molar-refractivity contribution in [3.63, 3.8) is 0 Å². The van der Waals surface area contributed by atoms with Gasteiger partial charge in [-0.05, 0) is 0 Å². The second kappa shape index (κ2) is 6.91. The summed E-state index contributed by atoms with van der Waals surface area (Å²) in [4.78, 5) is 17.4. The summed E-state index contributed by atoms with van der Waals surface area (Å²) in [5, 5.41) is 15.8. The van der Waals surface area contributed by atoms with Crippen LogP contribution >= 0.6 is 11.8 Å². The zero-order chi connectivity index (χ0) is 12.7. The van der Waals surface area contributed by atoms with Crippen LogP contribution in [0.4, 0.5) is 0 Å². The number of amides is 1. The van der Waals surface area contributed by atoms with Gasteiger partial charge in [0.1, 0.15) is 5.82 Å². The summed E-state index contributed by atoms with van der Waals surface area (Å²) in [6.45, 7) is 2.44. The standard InChI is InChI=1S/C10H15N5OS/c1-3-8-12-10(14-13-8)17-7-9(16)15(2)6-4-5-11/h3-4,6-7H2,1-2H3,(H,12,13,14). The van der Waals surface area contributed by atoms with Crippen LogP contribution in [0.2, 0.25) is 0 Å². The average Bonchev–Trinajstić information content (AvgIpc) is 2.80. The maximum Gasteiger partial charge on any atom is 0.232 e. The Kier molecular flexibility index (Phi) is 5.49. The van der Waals surface area contributed by atoms with E-state index in [-0.39, 0.29) is 5.91 Å². The first-order valence-corrected chi connectivity index (χ1v) is 6.31. The monoisotopic (exact) mass is 253 g/mol. The lowest BCUT2D eigenvalue weighted by molar-refractivity contribution is -0.127. The molecule has 0 unspecified atom stereocenters. The second-order valence-corrected chi connectivity index (χ2v) is 4.37. The van der Waals surface area contributed by atoms with Crippen LogP contribution in [0, 0.1) is 11.3 Å². The van der Waals surface area contributed by atoms with Crippen molar-refractivity contribution >= 4 is 17.7 Å². The molecule has 1 heterocycles. The SMILES string of the molecule is CCc1nc(SCC(=O)N(C)CCC#N)n[nH]1. The number of nitriles is 1. The Labute approximate surface area is 104 Å². The quantitative estimate of drug-likeness (QED) is 0.759. The molecule has 7 heteroatoms. The zero-order valence-corrected chi connectivity index (χ0v) is 10.8. The van der Waals surface area contributed by atoms with E-state index in [4.69, 9.17) is 5.26 Å². The number of carbonyl (C=O) groups excluding carboxylic acids is 1.